The SMILES string of the molecule is Cc1ccccc1/C=C(\NC(=O)c1ccccc1)C(=O)Nc1ccc(SCC(=O)Nc2nc(-c3ccc(Cl)cc3)cs2)cc1. The van der Waals surface area contributed by atoms with Crippen molar-refractivity contribution in [2.24, 2.45) is 0 Å². The summed E-state index contributed by atoms with van der Waals surface area (Å²) in [5.74, 6) is -0.830. The Hall–Kier alpha value is -4.70. The summed E-state index contributed by atoms with van der Waals surface area (Å²) in [6.07, 6.45) is 1.66. The van der Waals surface area contributed by atoms with Crippen molar-refractivity contribution < 1.29 is 14.4 Å². The second kappa shape index (κ2) is 14.7. The van der Waals surface area contributed by atoms with Crippen LogP contribution in [-0.4, -0.2) is 28.5 Å². The molecular weight excluding hydrogens is 612 g/mol. The number of carbonyl (C=O) groups excluding carboxylic acids is 3. The molecular formula is C34H27ClN4O3S2. The number of aromatic nitrogens is 1. The van der Waals surface area contributed by atoms with Crippen molar-refractivity contribution in [1.29, 1.82) is 0 Å². The van der Waals surface area contributed by atoms with Gasteiger partial charge in [0.15, 0.2) is 5.13 Å². The van der Waals surface area contributed by atoms with Crippen molar-refractivity contribution in [2.45, 2.75) is 11.8 Å². The second-order valence-electron chi connectivity index (χ2n) is 9.59. The molecule has 0 saturated carbocycles. The molecule has 0 aliphatic carbocycles. The number of hydrogen-bond acceptors (Lipinski definition) is 6. The zero-order valence-electron chi connectivity index (χ0n) is 23.5. The standard InChI is InChI=1S/C34H27ClN4O3S2/c1-22-7-5-6-10-25(22)19-29(37-32(41)24-8-3-2-4-9-24)33(42)36-27-15-17-28(18-16-27)43-21-31(40)39-34-38-30(20-44-34)23-11-13-26(35)14-12-23/h2-20H,21H2,1H3,(H,36,42)(H,37,41)(H,38,39,40)/b29-19-. The molecule has 4 aromatic carbocycles. The van der Waals surface area contributed by atoms with E-state index < -0.39 is 5.91 Å². The van der Waals surface area contributed by atoms with Gasteiger partial charge in [0, 0.05) is 32.1 Å². The Kier molecular flexibility index (Phi) is 10.2. The number of aryl methyl sites for hydroxylation is 1. The van der Waals surface area contributed by atoms with Gasteiger partial charge in [-0.1, -0.05) is 66.2 Å². The van der Waals surface area contributed by atoms with Crippen molar-refractivity contribution in [1.82, 2.24) is 10.3 Å². The predicted octanol–water partition coefficient (Wildman–Crippen LogP) is 7.91. The summed E-state index contributed by atoms with van der Waals surface area (Å²) in [6, 6.07) is 30.8. The first-order valence-corrected chi connectivity index (χ1v) is 15.8. The van der Waals surface area contributed by atoms with Gasteiger partial charge >= 0.3 is 0 Å². The molecule has 7 nitrogen and oxygen atoms in total. The highest BCUT2D eigenvalue weighted by Crippen LogP contribution is 2.27. The number of anilines is 2. The molecule has 0 atom stereocenters. The third-order valence-electron chi connectivity index (χ3n) is 6.39. The van der Waals surface area contributed by atoms with Gasteiger partial charge in [-0.05, 0) is 72.7 Å². The molecule has 0 saturated heterocycles. The fraction of sp³-hybridized carbons (Fsp3) is 0.0588. The minimum absolute atomic E-state index is 0.115. The quantitative estimate of drug-likeness (QED) is 0.107. The number of hydrogen-bond donors (Lipinski definition) is 3. The van der Waals surface area contributed by atoms with E-state index in [-0.39, 0.29) is 23.3 Å². The van der Waals surface area contributed by atoms with Crippen LogP contribution in [0.3, 0.4) is 0 Å². The van der Waals surface area contributed by atoms with E-state index in [0.717, 1.165) is 27.3 Å². The maximum Gasteiger partial charge on any atom is 0.272 e. The molecule has 1 aromatic heterocycles. The van der Waals surface area contributed by atoms with Crippen LogP contribution in [-0.2, 0) is 9.59 Å². The molecule has 3 amide bonds. The van der Waals surface area contributed by atoms with Crippen LogP contribution < -0.4 is 16.0 Å². The van der Waals surface area contributed by atoms with Crippen LogP contribution in [0.25, 0.3) is 17.3 Å². The average Bonchev–Trinajstić information content (AvgIpc) is 3.50. The topological polar surface area (TPSA) is 100 Å². The Morgan fingerprint density at radius 3 is 2.30 bits per heavy atom. The minimum Gasteiger partial charge on any atom is -0.321 e. The lowest BCUT2D eigenvalue weighted by atomic mass is 10.1. The van der Waals surface area contributed by atoms with E-state index in [1.165, 1.54) is 23.1 Å². The first-order chi connectivity index (χ1) is 21.3. The van der Waals surface area contributed by atoms with E-state index >= 15 is 0 Å². The molecule has 0 aliphatic heterocycles. The Morgan fingerprint density at radius 1 is 0.864 bits per heavy atom. The lowest BCUT2D eigenvalue weighted by Gasteiger charge is -2.12. The highest BCUT2D eigenvalue weighted by molar-refractivity contribution is 8.00. The maximum atomic E-state index is 13.3. The highest BCUT2D eigenvalue weighted by Gasteiger charge is 2.16. The molecule has 5 rings (SSSR count). The van der Waals surface area contributed by atoms with E-state index in [1.807, 2.05) is 66.9 Å². The predicted molar refractivity (Wildman–Crippen MR) is 180 cm³/mol. The molecule has 1 heterocycles. The van der Waals surface area contributed by atoms with Crippen LogP contribution in [0.2, 0.25) is 5.02 Å². The number of thioether (sulfide) groups is 1. The number of nitrogens with zero attached hydrogens (tertiary/aromatic N) is 1. The van der Waals surface area contributed by atoms with Gasteiger partial charge in [-0.25, -0.2) is 4.98 Å². The van der Waals surface area contributed by atoms with Gasteiger partial charge in [-0.3, -0.25) is 14.4 Å². The zero-order valence-corrected chi connectivity index (χ0v) is 25.9. The van der Waals surface area contributed by atoms with Gasteiger partial charge in [-0.15, -0.1) is 23.1 Å². The van der Waals surface area contributed by atoms with Crippen molar-refractivity contribution >= 4 is 69.3 Å². The molecule has 3 N–H and O–H groups in total. The van der Waals surface area contributed by atoms with Crippen molar-refractivity contribution in [3.05, 3.63) is 136 Å². The summed E-state index contributed by atoms with van der Waals surface area (Å²) in [6.45, 7) is 1.94. The van der Waals surface area contributed by atoms with Crippen LogP contribution in [0.5, 0.6) is 0 Å². The van der Waals surface area contributed by atoms with Gasteiger partial charge in [0.05, 0.1) is 11.4 Å². The maximum absolute atomic E-state index is 13.3. The lowest BCUT2D eigenvalue weighted by Crippen LogP contribution is -2.30. The molecule has 0 radical (unpaired) electrons. The summed E-state index contributed by atoms with van der Waals surface area (Å²) >= 11 is 8.68. The number of amides is 3. The number of carbonyl (C=O) groups is 3. The van der Waals surface area contributed by atoms with Gasteiger partial charge in [-0.2, -0.15) is 0 Å². The zero-order chi connectivity index (χ0) is 30.9. The Morgan fingerprint density at radius 2 is 1.57 bits per heavy atom. The van der Waals surface area contributed by atoms with Gasteiger partial charge in [0.1, 0.15) is 5.70 Å². The van der Waals surface area contributed by atoms with Crippen LogP contribution in [0.4, 0.5) is 10.8 Å². The number of rotatable bonds is 10. The van der Waals surface area contributed by atoms with E-state index in [4.69, 9.17) is 11.6 Å². The highest BCUT2D eigenvalue weighted by atomic mass is 35.5. The van der Waals surface area contributed by atoms with E-state index in [1.54, 1.807) is 54.6 Å². The third-order valence-corrected chi connectivity index (χ3v) is 8.41. The summed E-state index contributed by atoms with van der Waals surface area (Å²) in [5, 5.41) is 11.5. The van der Waals surface area contributed by atoms with E-state index in [9.17, 15) is 14.4 Å². The minimum atomic E-state index is -0.460. The molecule has 0 unspecified atom stereocenters. The first-order valence-electron chi connectivity index (χ1n) is 13.5. The Balaban J connectivity index is 1.19. The summed E-state index contributed by atoms with van der Waals surface area (Å²) in [4.78, 5) is 44.1. The fourth-order valence-electron chi connectivity index (χ4n) is 4.07. The van der Waals surface area contributed by atoms with Crippen LogP contribution in [0.1, 0.15) is 21.5 Å². The molecule has 0 aliphatic rings. The van der Waals surface area contributed by atoms with E-state index in [2.05, 4.69) is 20.9 Å². The lowest BCUT2D eigenvalue weighted by molar-refractivity contribution is -0.114. The van der Waals surface area contributed by atoms with Gasteiger partial charge < -0.3 is 16.0 Å². The summed E-state index contributed by atoms with van der Waals surface area (Å²) in [7, 11) is 0. The largest absolute Gasteiger partial charge is 0.321 e. The molecule has 10 heteroatoms. The number of halogens is 1. The third kappa shape index (κ3) is 8.44. The first kappa shape index (κ1) is 30.7. The Bertz CT molecular complexity index is 1800. The second-order valence-corrected chi connectivity index (χ2v) is 11.9. The average molecular weight is 639 g/mol. The van der Waals surface area contributed by atoms with Crippen LogP contribution >= 0.6 is 34.7 Å². The van der Waals surface area contributed by atoms with Gasteiger partial charge in [0.25, 0.3) is 11.8 Å². The van der Waals surface area contributed by atoms with Crippen molar-refractivity contribution in [3.8, 4) is 11.3 Å². The molecule has 220 valence electrons. The monoisotopic (exact) mass is 638 g/mol. The van der Waals surface area contributed by atoms with Crippen molar-refractivity contribution in [3.63, 3.8) is 0 Å². The number of nitrogens with one attached hydrogen (secondary N) is 3. The van der Waals surface area contributed by atoms with Crippen LogP contribution in [0, 0.1) is 6.92 Å². The molecule has 0 fully saturated rings. The fourth-order valence-corrected chi connectivity index (χ4v) is 5.63. The smallest absolute Gasteiger partial charge is 0.272 e. The number of thiazole rings is 1. The molecule has 0 bridgehead atoms. The normalized spacial score (nSPS) is 11.1. The molecule has 44 heavy (non-hydrogen) atoms. The summed E-state index contributed by atoms with van der Waals surface area (Å²) in [5.41, 5.74) is 4.57. The van der Waals surface area contributed by atoms with Crippen molar-refractivity contribution in [2.75, 3.05) is 16.4 Å². The molecule has 0 spiro atoms. The van der Waals surface area contributed by atoms with Crippen LogP contribution in [0.15, 0.2) is 119 Å². The molecule has 5 aromatic rings. The van der Waals surface area contributed by atoms with E-state index in [0.29, 0.717) is 21.4 Å². The van der Waals surface area contributed by atoms with Gasteiger partial charge in [0.2, 0.25) is 5.91 Å². The summed E-state index contributed by atoms with van der Waals surface area (Å²) < 4.78 is 0. The number of benzene rings is 4. The Labute approximate surface area is 268 Å².